The summed E-state index contributed by atoms with van der Waals surface area (Å²) in [5.74, 6) is 0.502. The lowest BCUT2D eigenvalue weighted by molar-refractivity contribution is 0.00262. The average Bonchev–Trinajstić information content (AvgIpc) is 2.29. The van der Waals surface area contributed by atoms with Crippen molar-refractivity contribution >= 4 is 16.6 Å². The van der Waals surface area contributed by atoms with Crippen LogP contribution in [0.15, 0.2) is 4.99 Å². The van der Waals surface area contributed by atoms with E-state index in [1.165, 1.54) is 0 Å². The third kappa shape index (κ3) is 3.90. The molecule has 0 aromatic rings. The van der Waals surface area contributed by atoms with E-state index in [4.69, 9.17) is 4.43 Å². The van der Waals surface area contributed by atoms with Gasteiger partial charge in [0.1, 0.15) is 10.5 Å². The summed E-state index contributed by atoms with van der Waals surface area (Å²) in [6, 6.07) is 0. The molecule has 4 heteroatoms. The highest BCUT2D eigenvalue weighted by Gasteiger charge is 2.33. The highest BCUT2D eigenvalue weighted by Crippen LogP contribution is 2.33. The van der Waals surface area contributed by atoms with Crippen LogP contribution in [0.4, 0.5) is 0 Å². The molecule has 1 unspecified atom stereocenters. The van der Waals surface area contributed by atoms with Crippen molar-refractivity contribution in [3.8, 4) is 0 Å². The van der Waals surface area contributed by atoms with Crippen molar-refractivity contribution in [3.63, 3.8) is 0 Å². The molecule has 0 amide bonds. The van der Waals surface area contributed by atoms with Gasteiger partial charge in [-0.2, -0.15) is 0 Å². The molecule has 0 aliphatic rings. The first-order valence-electron chi connectivity index (χ1n) is 5.79. The van der Waals surface area contributed by atoms with E-state index in [1.54, 1.807) is 6.08 Å². The van der Waals surface area contributed by atoms with Gasteiger partial charge in [0.15, 0.2) is 0 Å². The van der Waals surface area contributed by atoms with E-state index >= 15 is 0 Å². The fourth-order valence-corrected chi connectivity index (χ4v) is 3.30. The molecule has 0 saturated heterocycles. The van der Waals surface area contributed by atoms with Gasteiger partial charge in [0, 0.05) is 0 Å². The van der Waals surface area contributed by atoms with Gasteiger partial charge in [-0.3, -0.25) is 0 Å². The molecule has 0 aromatic carbocycles. The Morgan fingerprint density at radius 1 is 1.40 bits per heavy atom. The maximum absolute atomic E-state index is 10.0. The van der Waals surface area contributed by atoms with E-state index in [-0.39, 0.29) is 5.60 Å². The van der Waals surface area contributed by atoms with Gasteiger partial charge in [-0.15, -0.1) is 0 Å². The molecule has 0 aliphatic carbocycles. The van der Waals surface area contributed by atoms with Crippen molar-refractivity contribution in [3.05, 3.63) is 0 Å². The van der Waals surface area contributed by atoms with E-state index < -0.39 is 0 Å². The molecule has 0 bridgehead atoms. The third-order valence-electron chi connectivity index (χ3n) is 3.49. The molecule has 0 heterocycles. The molecule has 0 rings (SSSR count). The molecule has 15 heavy (non-hydrogen) atoms. The molecule has 88 valence electrons. The molecule has 0 saturated carbocycles. The fraction of sp³-hybridized carbons (Fsp3) is 0.909. The standard InChI is InChI=1S/C11H23NO2Si/c1-4-10(7-8-12-9-13)11(5-2,6-3)14-15/h10H,4-8H2,1-3,15H3. The summed E-state index contributed by atoms with van der Waals surface area (Å²) in [4.78, 5) is 13.6. The number of nitrogens with zero attached hydrogens (tertiary/aromatic N) is 1. The fourth-order valence-electron chi connectivity index (χ4n) is 2.39. The van der Waals surface area contributed by atoms with Gasteiger partial charge in [0.25, 0.3) is 0 Å². The van der Waals surface area contributed by atoms with Crippen molar-refractivity contribution in [2.24, 2.45) is 10.9 Å². The Hall–Kier alpha value is -0.443. The SMILES string of the molecule is CCC(CCN=C=O)C(CC)(CC)O[SiH3]. The first kappa shape index (κ1) is 14.6. The van der Waals surface area contributed by atoms with Gasteiger partial charge in [-0.05, 0) is 25.2 Å². The summed E-state index contributed by atoms with van der Waals surface area (Å²) in [6.45, 7) is 7.10. The lowest BCUT2D eigenvalue weighted by Gasteiger charge is -2.38. The Balaban J connectivity index is 4.50. The van der Waals surface area contributed by atoms with E-state index in [9.17, 15) is 4.79 Å². The van der Waals surface area contributed by atoms with Crippen LogP contribution in [-0.4, -0.2) is 28.7 Å². The summed E-state index contributed by atoms with van der Waals surface area (Å²) in [5.41, 5.74) is 0.0133. The van der Waals surface area contributed by atoms with Crippen LogP contribution in [-0.2, 0) is 9.22 Å². The molecule has 0 N–H and O–H groups in total. The predicted octanol–water partition coefficient (Wildman–Crippen LogP) is 1.59. The minimum absolute atomic E-state index is 0.0133. The summed E-state index contributed by atoms with van der Waals surface area (Å²) < 4.78 is 5.82. The molecule has 1 atom stereocenters. The second-order valence-electron chi connectivity index (χ2n) is 3.84. The van der Waals surface area contributed by atoms with Crippen LogP contribution >= 0.6 is 0 Å². The predicted molar refractivity (Wildman–Crippen MR) is 65.7 cm³/mol. The zero-order chi connectivity index (χ0) is 11.7. The zero-order valence-corrected chi connectivity index (χ0v) is 12.4. The number of hydrogen-bond acceptors (Lipinski definition) is 3. The Kier molecular flexibility index (Phi) is 7.57. The van der Waals surface area contributed by atoms with Gasteiger partial charge in [0.05, 0.1) is 12.1 Å². The van der Waals surface area contributed by atoms with Crippen molar-refractivity contribution in [2.75, 3.05) is 6.54 Å². The molecule has 0 spiro atoms. The second-order valence-corrected chi connectivity index (χ2v) is 4.25. The Bertz CT molecular complexity index is 202. The number of aliphatic imine (C=N–C) groups is 1. The number of rotatable bonds is 8. The monoisotopic (exact) mass is 229 g/mol. The van der Waals surface area contributed by atoms with Crippen LogP contribution in [0.5, 0.6) is 0 Å². The lowest BCUT2D eigenvalue weighted by atomic mass is 9.79. The van der Waals surface area contributed by atoms with Crippen molar-refractivity contribution in [2.45, 2.75) is 52.1 Å². The summed E-state index contributed by atoms with van der Waals surface area (Å²) in [6.07, 6.45) is 5.68. The van der Waals surface area contributed by atoms with Crippen molar-refractivity contribution in [1.29, 1.82) is 0 Å². The second kappa shape index (κ2) is 7.80. The van der Waals surface area contributed by atoms with Crippen molar-refractivity contribution in [1.82, 2.24) is 0 Å². The Morgan fingerprint density at radius 2 is 2.00 bits per heavy atom. The van der Waals surface area contributed by atoms with Crippen LogP contribution in [0.3, 0.4) is 0 Å². The molecular weight excluding hydrogens is 206 g/mol. The topological polar surface area (TPSA) is 38.7 Å². The first-order valence-corrected chi connectivity index (χ1v) is 6.61. The molecule has 0 fully saturated rings. The van der Waals surface area contributed by atoms with Crippen LogP contribution in [0.2, 0.25) is 0 Å². The maximum Gasteiger partial charge on any atom is 0.234 e. The van der Waals surface area contributed by atoms with E-state index in [0.29, 0.717) is 12.5 Å². The van der Waals surface area contributed by atoms with Crippen LogP contribution in [0, 0.1) is 5.92 Å². The molecule has 0 aliphatic heterocycles. The normalized spacial score (nSPS) is 13.5. The largest absolute Gasteiger partial charge is 0.422 e. The Labute approximate surface area is 95.9 Å². The van der Waals surface area contributed by atoms with Gasteiger partial charge < -0.3 is 4.43 Å². The maximum atomic E-state index is 10.0. The smallest absolute Gasteiger partial charge is 0.234 e. The number of isocyanates is 1. The highest BCUT2D eigenvalue weighted by molar-refractivity contribution is 5.98. The van der Waals surface area contributed by atoms with E-state index in [0.717, 1.165) is 36.2 Å². The molecule has 0 radical (unpaired) electrons. The lowest BCUT2D eigenvalue weighted by Crippen LogP contribution is -2.39. The minimum atomic E-state index is 0.0133. The summed E-state index contributed by atoms with van der Waals surface area (Å²) in [5, 5.41) is 0. The minimum Gasteiger partial charge on any atom is -0.422 e. The molecule has 0 aromatic heterocycles. The highest BCUT2D eigenvalue weighted by atomic mass is 28.2. The Morgan fingerprint density at radius 3 is 2.33 bits per heavy atom. The average molecular weight is 229 g/mol. The summed E-state index contributed by atoms with van der Waals surface area (Å²) >= 11 is 0. The zero-order valence-electron chi connectivity index (χ0n) is 10.4. The van der Waals surface area contributed by atoms with Gasteiger partial charge in [0.2, 0.25) is 6.08 Å². The number of hydrogen-bond donors (Lipinski definition) is 0. The van der Waals surface area contributed by atoms with Gasteiger partial charge in [-0.1, -0.05) is 27.2 Å². The molecular formula is C11H23NO2Si. The first-order chi connectivity index (χ1) is 7.20. The number of carbonyl (C=O) groups excluding carboxylic acids is 1. The molecule has 3 nitrogen and oxygen atoms in total. The van der Waals surface area contributed by atoms with E-state index in [2.05, 4.69) is 25.8 Å². The summed E-state index contributed by atoms with van der Waals surface area (Å²) in [7, 11) is 0.769. The van der Waals surface area contributed by atoms with Crippen LogP contribution in [0.25, 0.3) is 0 Å². The van der Waals surface area contributed by atoms with Crippen LogP contribution in [0.1, 0.15) is 46.5 Å². The van der Waals surface area contributed by atoms with E-state index in [1.807, 2.05) is 0 Å². The van der Waals surface area contributed by atoms with Crippen LogP contribution < -0.4 is 0 Å². The third-order valence-corrected chi connectivity index (χ3v) is 4.31. The van der Waals surface area contributed by atoms with Gasteiger partial charge in [-0.25, -0.2) is 9.79 Å². The van der Waals surface area contributed by atoms with Gasteiger partial charge >= 0.3 is 0 Å². The quantitative estimate of drug-likeness (QED) is 0.360. The van der Waals surface area contributed by atoms with Crippen molar-refractivity contribution < 1.29 is 9.22 Å².